The summed E-state index contributed by atoms with van der Waals surface area (Å²) in [5.74, 6) is 0. The summed E-state index contributed by atoms with van der Waals surface area (Å²) in [6.07, 6.45) is 0. The maximum atomic E-state index is 9.30. The third-order valence-electron chi connectivity index (χ3n) is 15.4. The molecule has 6 nitrogen and oxygen atoms in total. The first-order valence-electron chi connectivity index (χ1n) is 34.7. The molecule has 2 N–H and O–H groups in total. The number of rotatable bonds is 4. The molecule has 18 rings (SSSR count). The zero-order valence-corrected chi connectivity index (χ0v) is 45.2. The predicted molar refractivity (Wildman–Crippen MR) is 352 cm³/mol. The topological polar surface area (TPSA) is 93.0 Å². The molecule has 4 aromatic heterocycles. The third kappa shape index (κ3) is 7.87. The summed E-state index contributed by atoms with van der Waals surface area (Å²) >= 11 is 3.44. The monoisotopic (exact) mass is 1160 g/mol. The minimum Gasteiger partial charge on any atom is -0.456 e. The fourth-order valence-corrected chi connectivity index (χ4v) is 12.4. The van der Waals surface area contributed by atoms with Gasteiger partial charge in [-0.1, -0.05) is 242 Å². The number of furan rings is 4. The van der Waals surface area contributed by atoms with Crippen molar-refractivity contribution >= 4 is 159 Å². The highest BCUT2D eigenvalue weighted by molar-refractivity contribution is 9.10. The van der Waals surface area contributed by atoms with Crippen molar-refractivity contribution in [3.63, 3.8) is 0 Å². The van der Waals surface area contributed by atoms with E-state index < -0.39 is 55.5 Å². The van der Waals surface area contributed by atoms with Crippen molar-refractivity contribution in [3.05, 3.63) is 271 Å². The van der Waals surface area contributed by atoms with Gasteiger partial charge in [0.15, 0.2) is 0 Å². The lowest BCUT2D eigenvalue weighted by Gasteiger charge is -2.18. The molecular formula is C76H46BBrO6. The molecule has 0 saturated carbocycles. The SMILES string of the molecule is OB(O)c1cccc2c1oc1ccccc12.[2H]c1c([2H])c([2H])c2c(-c3cccc4c3oc3ccccc34)c3c([2H])c([2H])c([2H])c([2H])c3c(-c3cccc4c3oc3ccccc34)c2c1[2H].[2H]c1c([2H])c([2H])c2c(-c3cccc4c3oc3ccccc34)c3c([2H])c([2H])c([2H])c([2H])c3c(Br)c2c1[2H]. The van der Waals surface area contributed by atoms with E-state index in [1.165, 1.54) is 0 Å². The second-order valence-corrected chi connectivity index (χ2v) is 20.8. The van der Waals surface area contributed by atoms with Gasteiger partial charge in [-0.15, -0.1) is 0 Å². The lowest BCUT2D eigenvalue weighted by atomic mass is 9.79. The molecule has 14 aromatic carbocycles. The van der Waals surface area contributed by atoms with Crippen LogP contribution in [-0.2, 0) is 0 Å². The van der Waals surface area contributed by atoms with Crippen molar-refractivity contribution in [2.75, 3.05) is 0 Å². The van der Waals surface area contributed by atoms with Crippen LogP contribution < -0.4 is 5.46 Å². The van der Waals surface area contributed by atoms with E-state index in [4.69, 9.17) is 34.1 Å². The first-order chi connectivity index (χ1) is 48.1. The highest BCUT2D eigenvalue weighted by atomic mass is 79.9. The zero-order chi connectivity index (χ0) is 69.9. The number of halogens is 1. The minimum absolute atomic E-state index is 0.120. The van der Waals surface area contributed by atoms with Gasteiger partial charge in [-0.25, -0.2) is 0 Å². The van der Waals surface area contributed by atoms with Gasteiger partial charge >= 0.3 is 7.12 Å². The van der Waals surface area contributed by atoms with Crippen LogP contribution >= 0.6 is 15.9 Å². The lowest BCUT2D eigenvalue weighted by molar-refractivity contribution is 0.425. The zero-order valence-electron chi connectivity index (χ0n) is 59.6. The summed E-state index contributed by atoms with van der Waals surface area (Å²) < 4.78 is 165. The smallest absolute Gasteiger partial charge is 0.456 e. The van der Waals surface area contributed by atoms with E-state index in [1.807, 2.05) is 133 Å². The summed E-state index contributed by atoms with van der Waals surface area (Å²) in [5, 5.41) is 26.3. The molecule has 0 unspecified atom stereocenters. The highest BCUT2D eigenvalue weighted by Crippen LogP contribution is 2.49. The van der Waals surface area contributed by atoms with Gasteiger partial charge in [-0.3, -0.25) is 0 Å². The van der Waals surface area contributed by atoms with E-state index in [0.717, 1.165) is 48.7 Å². The number of benzene rings is 14. The van der Waals surface area contributed by atoms with Crippen molar-refractivity contribution < 1.29 is 49.6 Å². The van der Waals surface area contributed by atoms with Crippen molar-refractivity contribution in [3.8, 4) is 33.4 Å². The Morgan fingerprint density at radius 1 is 0.274 bits per heavy atom. The second-order valence-electron chi connectivity index (χ2n) is 20.0. The van der Waals surface area contributed by atoms with E-state index in [-0.39, 0.29) is 113 Å². The normalized spacial score (nSPS) is 14.4. The van der Waals surface area contributed by atoms with Gasteiger partial charge in [0.25, 0.3) is 0 Å². The average Bonchev–Trinajstić information content (AvgIpc) is 0.791. The Hall–Kier alpha value is -10.2. The molecule has 0 saturated heterocycles. The molecule has 396 valence electrons. The van der Waals surface area contributed by atoms with E-state index in [0.29, 0.717) is 61.2 Å². The Labute approximate surface area is 511 Å². The molecule has 0 amide bonds. The van der Waals surface area contributed by atoms with Gasteiger partial charge in [-0.2, -0.15) is 0 Å². The number of hydrogen-bond donors (Lipinski definition) is 2. The van der Waals surface area contributed by atoms with Crippen LogP contribution in [0.5, 0.6) is 0 Å². The maximum Gasteiger partial charge on any atom is 0.492 e. The molecule has 4 heterocycles. The average molecular weight is 1160 g/mol. The van der Waals surface area contributed by atoms with Crippen molar-refractivity contribution in [2.24, 2.45) is 0 Å². The van der Waals surface area contributed by atoms with E-state index in [1.54, 1.807) is 36.4 Å². The summed E-state index contributed by atoms with van der Waals surface area (Å²) in [6.45, 7) is 0. The molecule has 0 atom stereocenters. The Morgan fingerprint density at radius 2 is 0.524 bits per heavy atom. The first kappa shape index (κ1) is 35.6. The molecular weight excluding hydrogens is 1100 g/mol. The summed E-state index contributed by atoms with van der Waals surface area (Å²) in [4.78, 5) is 0. The molecule has 0 aliphatic carbocycles. The summed E-state index contributed by atoms with van der Waals surface area (Å²) in [6, 6.07) is 45.8. The van der Waals surface area contributed by atoms with Crippen LogP contribution in [0, 0.1) is 0 Å². The molecule has 18 aromatic rings. The Kier molecular flexibility index (Phi) is 8.50. The fourth-order valence-electron chi connectivity index (χ4n) is 11.8. The molecule has 0 bridgehead atoms. The molecule has 8 heteroatoms. The Morgan fingerprint density at radius 3 is 0.845 bits per heavy atom. The molecule has 0 aliphatic rings. The van der Waals surface area contributed by atoms with Crippen LogP contribution in [0.1, 0.15) is 21.9 Å². The Bertz CT molecular complexity index is 6280. The van der Waals surface area contributed by atoms with Gasteiger partial charge in [0.05, 0.1) is 21.9 Å². The summed E-state index contributed by atoms with van der Waals surface area (Å²) in [7, 11) is -1.51. The molecule has 0 aliphatic heterocycles. The standard InChI is InChI=1S/C38H22O2.C26H15BrO.C12H9BO3/c1-2-14-26-25(13-1)35(31-19-9-17-29-23-11-5-7-21-33(23)39-37(29)31)27-15-3-4-16-28(27)36(26)32-20-10-18-30-24-12-6-8-22-34(24)40-38(30)32;27-25-19-11-3-1-9-17(19)24(18-10-2-4-12-20(18)25)22-14-7-13-21-16-8-5-6-15-23(16)28-26(21)22;14-13(15)10-6-3-5-9-8-4-1-2-7-11(8)16-12(9)10/h1-22H;1-15H;1-7,14-15H/i1D,2D,3D,4D,13D,14D,15D,16D;1D,2D,3D,4D,9D,10D,11D,12D;. The van der Waals surface area contributed by atoms with Crippen LogP contribution in [0.15, 0.2) is 289 Å². The molecule has 84 heavy (non-hydrogen) atoms. The fraction of sp³-hybridized carbons (Fsp3) is 0. The largest absolute Gasteiger partial charge is 0.492 e. The number of para-hydroxylation sites is 8. The van der Waals surface area contributed by atoms with Gasteiger partial charge in [0.2, 0.25) is 0 Å². The van der Waals surface area contributed by atoms with Gasteiger partial charge in [0.1, 0.15) is 44.7 Å². The highest BCUT2D eigenvalue weighted by Gasteiger charge is 2.24. The minimum atomic E-state index is -1.51. The number of fused-ring (bicyclic) bond motifs is 16. The van der Waals surface area contributed by atoms with Crippen LogP contribution in [0.2, 0.25) is 0 Å². The van der Waals surface area contributed by atoms with Crippen LogP contribution in [0.3, 0.4) is 0 Å². The molecule has 0 fully saturated rings. The van der Waals surface area contributed by atoms with E-state index in [9.17, 15) is 15.5 Å². The Balaban J connectivity index is 0.000000131. The van der Waals surface area contributed by atoms with E-state index in [2.05, 4.69) is 15.9 Å². The maximum absolute atomic E-state index is 9.30. The van der Waals surface area contributed by atoms with Crippen molar-refractivity contribution in [1.82, 2.24) is 0 Å². The van der Waals surface area contributed by atoms with Crippen LogP contribution in [0.25, 0.3) is 164 Å². The second kappa shape index (κ2) is 20.0. The predicted octanol–water partition coefficient (Wildman–Crippen LogP) is 20.7. The quantitative estimate of drug-likeness (QED) is 0.135. The third-order valence-corrected chi connectivity index (χ3v) is 16.2. The lowest BCUT2D eigenvalue weighted by Crippen LogP contribution is -2.29. The first-order valence-corrected chi connectivity index (χ1v) is 27.5. The van der Waals surface area contributed by atoms with E-state index >= 15 is 0 Å². The van der Waals surface area contributed by atoms with Crippen LogP contribution in [-0.4, -0.2) is 17.2 Å². The van der Waals surface area contributed by atoms with Crippen molar-refractivity contribution in [1.29, 1.82) is 0 Å². The van der Waals surface area contributed by atoms with Gasteiger partial charge in [0, 0.05) is 86.4 Å². The van der Waals surface area contributed by atoms with Gasteiger partial charge in [-0.05, 0) is 83.3 Å². The molecule has 0 spiro atoms. The van der Waals surface area contributed by atoms with Crippen LogP contribution in [0.4, 0.5) is 0 Å². The number of hydrogen-bond acceptors (Lipinski definition) is 6. The molecule has 0 radical (unpaired) electrons. The van der Waals surface area contributed by atoms with Crippen molar-refractivity contribution in [2.45, 2.75) is 0 Å². The summed E-state index contributed by atoms with van der Waals surface area (Å²) in [5.41, 5.74) is 7.01. The van der Waals surface area contributed by atoms with Gasteiger partial charge < -0.3 is 27.7 Å².